The van der Waals surface area contributed by atoms with Crippen LogP contribution in [-0.4, -0.2) is 44.3 Å². The first-order valence-electron chi connectivity index (χ1n) is 7.50. The molecule has 3 fully saturated rings. The summed E-state index contributed by atoms with van der Waals surface area (Å²) in [4.78, 5) is 46.8. The van der Waals surface area contributed by atoms with Crippen molar-refractivity contribution in [3.8, 4) is 0 Å². The Morgan fingerprint density at radius 1 is 0.870 bits per heavy atom. The standard InChI is InChI=1S/C15H20O8/c1-3-5-4-6-7(11(16)17)9(13(20)21)15(5,2)10(14(22)23)8(6)12(18)19/h5-10H,3-4H2,1-2H3,(H,16,17)(H,18,19)(H,20,21)(H,22,23). The molecule has 0 aromatic heterocycles. The van der Waals surface area contributed by atoms with E-state index in [0.29, 0.717) is 6.42 Å². The van der Waals surface area contributed by atoms with Gasteiger partial charge in [-0.3, -0.25) is 19.2 Å². The summed E-state index contributed by atoms with van der Waals surface area (Å²) in [5.74, 6) is -12.5. The maximum Gasteiger partial charge on any atom is 0.307 e. The van der Waals surface area contributed by atoms with E-state index in [2.05, 4.69) is 0 Å². The van der Waals surface area contributed by atoms with E-state index >= 15 is 0 Å². The first-order valence-corrected chi connectivity index (χ1v) is 7.50. The first kappa shape index (κ1) is 17.2. The summed E-state index contributed by atoms with van der Waals surface area (Å²) in [6.45, 7) is 3.21. The van der Waals surface area contributed by atoms with Crippen LogP contribution in [0.15, 0.2) is 0 Å². The average Bonchev–Trinajstić information content (AvgIpc) is 2.43. The fourth-order valence-corrected chi connectivity index (χ4v) is 5.17. The molecule has 0 radical (unpaired) electrons. The van der Waals surface area contributed by atoms with E-state index in [-0.39, 0.29) is 12.3 Å². The predicted octanol–water partition coefficient (Wildman–Crippen LogP) is 0.856. The third-order valence-electron chi connectivity index (χ3n) is 6.01. The van der Waals surface area contributed by atoms with Crippen molar-refractivity contribution in [2.24, 2.45) is 40.9 Å². The van der Waals surface area contributed by atoms with Crippen LogP contribution in [0.1, 0.15) is 26.7 Å². The van der Waals surface area contributed by atoms with Crippen molar-refractivity contribution in [1.82, 2.24) is 0 Å². The minimum atomic E-state index is -1.42. The molecule has 0 amide bonds. The van der Waals surface area contributed by atoms with E-state index in [4.69, 9.17) is 0 Å². The lowest BCUT2D eigenvalue weighted by atomic mass is 9.39. The molecular formula is C15H20O8. The number of hydrogen-bond donors (Lipinski definition) is 4. The Morgan fingerprint density at radius 3 is 1.52 bits per heavy atom. The van der Waals surface area contributed by atoms with E-state index in [1.54, 1.807) is 6.92 Å². The Kier molecular flexibility index (Phi) is 4.13. The molecule has 3 aliphatic carbocycles. The van der Waals surface area contributed by atoms with E-state index in [0.717, 1.165) is 0 Å². The van der Waals surface area contributed by atoms with Crippen LogP contribution in [0.5, 0.6) is 0 Å². The molecule has 8 nitrogen and oxygen atoms in total. The van der Waals surface area contributed by atoms with Gasteiger partial charge < -0.3 is 20.4 Å². The highest BCUT2D eigenvalue weighted by Gasteiger charge is 2.71. The third-order valence-corrected chi connectivity index (χ3v) is 6.01. The van der Waals surface area contributed by atoms with Gasteiger partial charge >= 0.3 is 23.9 Å². The van der Waals surface area contributed by atoms with Crippen LogP contribution in [0, 0.1) is 40.9 Å². The van der Waals surface area contributed by atoms with Gasteiger partial charge in [0.15, 0.2) is 0 Å². The molecule has 0 spiro atoms. The van der Waals surface area contributed by atoms with Gasteiger partial charge in [-0.1, -0.05) is 20.3 Å². The van der Waals surface area contributed by atoms with Crippen LogP contribution in [0.3, 0.4) is 0 Å². The second-order valence-electron chi connectivity index (χ2n) is 6.73. The summed E-state index contributed by atoms with van der Waals surface area (Å²) in [5.41, 5.74) is -1.42. The number of rotatable bonds is 5. The van der Waals surface area contributed by atoms with Crippen LogP contribution < -0.4 is 0 Å². The second kappa shape index (κ2) is 5.50. The normalized spacial score (nSPS) is 42.2. The molecule has 5 unspecified atom stereocenters. The van der Waals surface area contributed by atoms with E-state index < -0.39 is 58.9 Å². The number of carbonyl (C=O) groups is 4. The largest absolute Gasteiger partial charge is 0.481 e. The van der Waals surface area contributed by atoms with Crippen molar-refractivity contribution in [2.75, 3.05) is 0 Å². The van der Waals surface area contributed by atoms with Crippen LogP contribution in [0.4, 0.5) is 0 Å². The third kappa shape index (κ3) is 2.19. The maximum absolute atomic E-state index is 11.8. The number of hydrogen-bond acceptors (Lipinski definition) is 4. The molecule has 3 rings (SSSR count). The fraction of sp³-hybridized carbons (Fsp3) is 0.733. The molecule has 0 aliphatic heterocycles. The van der Waals surface area contributed by atoms with Gasteiger partial charge in [0, 0.05) is 0 Å². The highest BCUT2D eigenvalue weighted by molar-refractivity contribution is 5.88. The Hall–Kier alpha value is -2.12. The summed E-state index contributed by atoms with van der Waals surface area (Å²) in [6.07, 6.45) is 0.688. The molecule has 0 saturated heterocycles. The summed E-state index contributed by atoms with van der Waals surface area (Å²) in [7, 11) is 0. The number of aliphatic carboxylic acids is 4. The lowest BCUT2D eigenvalue weighted by Gasteiger charge is -2.61. The van der Waals surface area contributed by atoms with Gasteiger partial charge in [-0.15, -0.1) is 0 Å². The fourth-order valence-electron chi connectivity index (χ4n) is 5.17. The van der Waals surface area contributed by atoms with Crippen LogP contribution in [-0.2, 0) is 19.2 Å². The zero-order chi connectivity index (χ0) is 17.7. The Morgan fingerprint density at radius 2 is 1.26 bits per heavy atom. The van der Waals surface area contributed by atoms with Gasteiger partial charge in [0.2, 0.25) is 0 Å². The number of carboxylic acid groups (broad SMARTS) is 4. The lowest BCUT2D eigenvalue weighted by Crippen LogP contribution is -2.67. The Balaban J connectivity index is 2.72. The Bertz CT molecular complexity index is 528. The van der Waals surface area contributed by atoms with E-state index in [9.17, 15) is 39.6 Å². The van der Waals surface area contributed by atoms with Gasteiger partial charge in [-0.2, -0.15) is 0 Å². The molecule has 4 N–H and O–H groups in total. The summed E-state index contributed by atoms with van der Waals surface area (Å²) >= 11 is 0. The second-order valence-corrected chi connectivity index (χ2v) is 6.73. The first-order chi connectivity index (χ1) is 10.6. The summed E-state index contributed by atoms with van der Waals surface area (Å²) in [5, 5.41) is 38.1. The van der Waals surface area contributed by atoms with Gasteiger partial charge in [0.05, 0.1) is 23.7 Å². The topological polar surface area (TPSA) is 149 Å². The molecule has 5 atom stereocenters. The summed E-state index contributed by atoms with van der Waals surface area (Å²) in [6, 6.07) is 0. The Labute approximate surface area is 132 Å². The molecule has 2 bridgehead atoms. The molecule has 0 aromatic carbocycles. The van der Waals surface area contributed by atoms with Gasteiger partial charge in [-0.05, 0) is 23.7 Å². The van der Waals surface area contributed by atoms with Gasteiger partial charge in [-0.25, -0.2) is 0 Å². The van der Waals surface area contributed by atoms with Crippen LogP contribution >= 0.6 is 0 Å². The number of carboxylic acids is 4. The molecule has 23 heavy (non-hydrogen) atoms. The van der Waals surface area contributed by atoms with Crippen LogP contribution in [0.2, 0.25) is 0 Å². The molecule has 8 heteroatoms. The minimum Gasteiger partial charge on any atom is -0.481 e. The highest BCUT2D eigenvalue weighted by Crippen LogP contribution is 2.65. The van der Waals surface area contributed by atoms with Crippen molar-refractivity contribution in [2.45, 2.75) is 26.7 Å². The minimum absolute atomic E-state index is 0.217. The van der Waals surface area contributed by atoms with Crippen molar-refractivity contribution in [3.63, 3.8) is 0 Å². The zero-order valence-electron chi connectivity index (χ0n) is 12.8. The van der Waals surface area contributed by atoms with Gasteiger partial charge in [0.1, 0.15) is 0 Å². The molecule has 0 aromatic rings. The molecule has 128 valence electrons. The van der Waals surface area contributed by atoms with Crippen molar-refractivity contribution in [1.29, 1.82) is 0 Å². The van der Waals surface area contributed by atoms with Crippen molar-refractivity contribution in [3.05, 3.63) is 0 Å². The molecule has 0 heterocycles. The average molecular weight is 328 g/mol. The van der Waals surface area contributed by atoms with Gasteiger partial charge in [0.25, 0.3) is 0 Å². The smallest absolute Gasteiger partial charge is 0.307 e. The van der Waals surface area contributed by atoms with Crippen molar-refractivity contribution < 1.29 is 39.6 Å². The van der Waals surface area contributed by atoms with E-state index in [1.165, 1.54) is 6.92 Å². The van der Waals surface area contributed by atoms with Crippen molar-refractivity contribution >= 4 is 23.9 Å². The van der Waals surface area contributed by atoms with E-state index in [1.807, 2.05) is 0 Å². The quantitative estimate of drug-likeness (QED) is 0.580. The predicted molar refractivity (Wildman–Crippen MR) is 74.5 cm³/mol. The molecule has 3 aliphatic rings. The molecule has 3 saturated carbocycles. The molecular weight excluding hydrogens is 308 g/mol. The SMILES string of the molecule is CCC1CC2C(C(=O)O)C(C(=O)O)C1(C)C(C(=O)O)C2C(=O)O. The lowest BCUT2D eigenvalue weighted by molar-refractivity contribution is -0.218. The van der Waals surface area contributed by atoms with Crippen LogP contribution in [0.25, 0.3) is 0 Å². The highest BCUT2D eigenvalue weighted by atomic mass is 16.4. The monoisotopic (exact) mass is 328 g/mol. The maximum atomic E-state index is 11.8. The zero-order valence-corrected chi connectivity index (χ0v) is 12.8. The summed E-state index contributed by atoms with van der Waals surface area (Å²) < 4.78 is 0. The number of fused-ring (bicyclic) bond motifs is 3.